The Kier molecular flexibility index (Phi) is 6.39. The van der Waals surface area contributed by atoms with Gasteiger partial charge >= 0.3 is 6.18 Å². The van der Waals surface area contributed by atoms with Gasteiger partial charge in [-0.25, -0.2) is 12.8 Å². The highest BCUT2D eigenvalue weighted by atomic mass is 35.5. The predicted octanol–water partition coefficient (Wildman–Crippen LogP) is 5.96. The minimum atomic E-state index is -4.77. The number of rotatable bonds is 5. The number of aryl methyl sites for hydroxylation is 1. The van der Waals surface area contributed by atoms with E-state index in [2.05, 4.69) is 11.1 Å². The number of sulfonamides is 1. The Morgan fingerprint density at radius 1 is 1.23 bits per heavy atom. The average Bonchev–Trinajstić information content (AvgIpc) is 3.33. The number of benzene rings is 1. The number of halogens is 5. The highest BCUT2D eigenvalue weighted by molar-refractivity contribution is 7.89. The summed E-state index contributed by atoms with van der Waals surface area (Å²) in [6.45, 7) is 2.26. The van der Waals surface area contributed by atoms with Crippen LogP contribution in [0.3, 0.4) is 0 Å². The molecule has 1 atom stereocenters. The minimum Gasteiger partial charge on any atom is -0.298 e. The third-order valence-corrected chi connectivity index (χ3v) is 7.99. The molecular formula is C22H15ClF4N4O2S2. The van der Waals surface area contributed by atoms with Gasteiger partial charge in [-0.1, -0.05) is 11.6 Å². The number of alkyl halides is 3. The molecule has 0 saturated heterocycles. The molecule has 3 aromatic heterocycles. The van der Waals surface area contributed by atoms with Crippen molar-refractivity contribution in [2.45, 2.75) is 31.0 Å². The molecule has 0 aliphatic rings. The van der Waals surface area contributed by atoms with Crippen LogP contribution in [-0.4, -0.2) is 30.2 Å². The topological polar surface area (TPSA) is 87.8 Å². The summed E-state index contributed by atoms with van der Waals surface area (Å²) in [5.74, 6) is -0.513. The fraction of sp³-hybridized carbons (Fsp3) is 0.182. The summed E-state index contributed by atoms with van der Waals surface area (Å²) in [4.78, 5) is 3.65. The van der Waals surface area contributed by atoms with Gasteiger partial charge in [-0.15, -0.1) is 11.3 Å². The van der Waals surface area contributed by atoms with Gasteiger partial charge in [0.25, 0.3) is 0 Å². The van der Waals surface area contributed by atoms with Crippen molar-refractivity contribution in [3.63, 3.8) is 0 Å². The molecule has 0 aliphatic carbocycles. The van der Waals surface area contributed by atoms with Crippen LogP contribution in [0.15, 0.2) is 47.5 Å². The molecule has 3 heterocycles. The minimum absolute atomic E-state index is 0.0929. The standard InChI is InChI=1S/C22H15ClF4N4O2S2/c1-11-7-18-14(8-16(11)24)15(9-28)21(31(18)20-6-5-19(23)34-20)17-4-3-13(10-29-17)35(32,33)30-12(2)22(25,26)27/h3-8,10,12,30H,1-2H3/t12-/m0/s1. The molecule has 0 bridgehead atoms. The number of pyridine rings is 1. The maximum absolute atomic E-state index is 14.4. The molecule has 4 rings (SSSR count). The van der Waals surface area contributed by atoms with Crippen molar-refractivity contribution >= 4 is 43.9 Å². The molecule has 35 heavy (non-hydrogen) atoms. The Bertz CT molecular complexity index is 1590. The smallest absolute Gasteiger partial charge is 0.298 e. The maximum atomic E-state index is 14.4. The first kappa shape index (κ1) is 25.1. The number of aromatic nitrogens is 2. The van der Waals surface area contributed by atoms with E-state index >= 15 is 0 Å². The van der Waals surface area contributed by atoms with Gasteiger partial charge in [0.15, 0.2) is 0 Å². The van der Waals surface area contributed by atoms with E-state index in [0.29, 0.717) is 32.7 Å². The average molecular weight is 543 g/mol. The molecule has 0 radical (unpaired) electrons. The van der Waals surface area contributed by atoms with Crippen LogP contribution in [0, 0.1) is 24.1 Å². The van der Waals surface area contributed by atoms with Gasteiger partial charge in [0.1, 0.15) is 27.8 Å². The van der Waals surface area contributed by atoms with Crippen molar-refractivity contribution in [3.05, 3.63) is 63.9 Å². The fourth-order valence-electron chi connectivity index (χ4n) is 3.47. The second-order valence-electron chi connectivity index (χ2n) is 7.63. The second kappa shape index (κ2) is 8.91. The second-order valence-corrected chi connectivity index (χ2v) is 11.0. The van der Waals surface area contributed by atoms with Gasteiger partial charge in [0.05, 0.1) is 26.8 Å². The molecule has 1 N–H and O–H groups in total. The molecular weight excluding hydrogens is 528 g/mol. The third-order valence-electron chi connectivity index (χ3n) is 5.25. The zero-order chi connectivity index (χ0) is 25.7. The molecule has 0 amide bonds. The molecule has 4 aromatic rings. The molecule has 0 fully saturated rings. The Balaban J connectivity index is 1.90. The predicted molar refractivity (Wildman–Crippen MR) is 125 cm³/mol. The van der Waals surface area contributed by atoms with Crippen LogP contribution in [0.1, 0.15) is 18.1 Å². The van der Waals surface area contributed by atoms with Gasteiger partial charge < -0.3 is 0 Å². The first-order valence-corrected chi connectivity index (χ1v) is 12.6. The van der Waals surface area contributed by atoms with Crippen LogP contribution < -0.4 is 4.72 Å². The number of fused-ring (bicyclic) bond motifs is 1. The molecule has 0 aliphatic heterocycles. The Morgan fingerprint density at radius 2 is 1.94 bits per heavy atom. The molecule has 6 nitrogen and oxygen atoms in total. The van der Waals surface area contributed by atoms with Crippen LogP contribution >= 0.6 is 22.9 Å². The van der Waals surface area contributed by atoms with Crippen LogP contribution in [-0.2, 0) is 10.0 Å². The number of thiophene rings is 1. The quantitative estimate of drug-likeness (QED) is 0.315. The van der Waals surface area contributed by atoms with E-state index in [1.807, 2.05) is 0 Å². The Hall–Kier alpha value is -2.98. The lowest BCUT2D eigenvalue weighted by molar-refractivity contribution is -0.147. The number of nitriles is 1. The van der Waals surface area contributed by atoms with Gasteiger partial charge in [0.2, 0.25) is 10.0 Å². The van der Waals surface area contributed by atoms with Crippen molar-refractivity contribution < 1.29 is 26.0 Å². The van der Waals surface area contributed by atoms with E-state index < -0.39 is 33.0 Å². The van der Waals surface area contributed by atoms with Gasteiger partial charge in [0, 0.05) is 11.6 Å². The van der Waals surface area contributed by atoms with Gasteiger partial charge in [-0.3, -0.25) is 9.55 Å². The van der Waals surface area contributed by atoms with E-state index in [0.717, 1.165) is 12.3 Å². The third kappa shape index (κ3) is 4.64. The summed E-state index contributed by atoms with van der Waals surface area (Å²) in [7, 11) is -4.52. The van der Waals surface area contributed by atoms with Crippen LogP contribution in [0.2, 0.25) is 4.34 Å². The van der Waals surface area contributed by atoms with Crippen LogP contribution in [0.5, 0.6) is 0 Å². The maximum Gasteiger partial charge on any atom is 0.404 e. The first-order valence-electron chi connectivity index (χ1n) is 9.89. The fourth-order valence-corrected chi connectivity index (χ4v) is 5.69. The monoisotopic (exact) mass is 542 g/mol. The molecule has 0 saturated carbocycles. The van der Waals surface area contributed by atoms with Crippen molar-refractivity contribution in [2.24, 2.45) is 0 Å². The van der Waals surface area contributed by atoms with E-state index in [4.69, 9.17) is 11.6 Å². The molecule has 0 spiro atoms. The lowest BCUT2D eigenvalue weighted by atomic mass is 10.1. The SMILES string of the molecule is Cc1cc2c(cc1F)c(C#N)c(-c1ccc(S(=O)(=O)N[C@@H](C)C(F)(F)F)cn1)n2-c1ccc(Cl)s1. The molecule has 0 unspecified atom stereocenters. The zero-order valence-corrected chi connectivity index (χ0v) is 20.4. The van der Waals surface area contributed by atoms with Crippen LogP contribution in [0.25, 0.3) is 27.3 Å². The lowest BCUT2D eigenvalue weighted by Gasteiger charge is -2.17. The van der Waals surface area contributed by atoms with Crippen molar-refractivity contribution in [2.75, 3.05) is 0 Å². The van der Waals surface area contributed by atoms with Gasteiger partial charge in [-0.2, -0.15) is 23.2 Å². The van der Waals surface area contributed by atoms with Crippen molar-refractivity contribution in [1.82, 2.24) is 14.3 Å². The van der Waals surface area contributed by atoms with E-state index in [1.165, 1.54) is 23.5 Å². The summed E-state index contributed by atoms with van der Waals surface area (Å²) < 4.78 is 81.3. The first-order chi connectivity index (χ1) is 16.3. The summed E-state index contributed by atoms with van der Waals surface area (Å²) in [6.07, 6.45) is -3.87. The largest absolute Gasteiger partial charge is 0.404 e. The normalized spacial score (nSPS) is 13.2. The Labute approximate surface area is 206 Å². The zero-order valence-electron chi connectivity index (χ0n) is 18.0. The summed E-state index contributed by atoms with van der Waals surface area (Å²) in [5.41, 5.74) is 1.35. The summed E-state index contributed by atoms with van der Waals surface area (Å²) in [6, 6.07) is 8.28. The van der Waals surface area contributed by atoms with Gasteiger partial charge in [-0.05, 0) is 55.8 Å². The molecule has 13 heteroatoms. The molecule has 182 valence electrons. The van der Waals surface area contributed by atoms with E-state index in [9.17, 15) is 31.2 Å². The highest BCUT2D eigenvalue weighted by Crippen LogP contribution is 2.39. The Morgan fingerprint density at radius 3 is 2.49 bits per heavy atom. The van der Waals surface area contributed by atoms with E-state index in [1.54, 1.807) is 34.4 Å². The number of nitrogens with one attached hydrogen (secondary N) is 1. The number of nitrogens with zero attached hydrogens (tertiary/aromatic N) is 3. The lowest BCUT2D eigenvalue weighted by Crippen LogP contribution is -2.42. The summed E-state index contributed by atoms with van der Waals surface area (Å²) in [5, 5.41) is 10.8. The number of hydrogen-bond donors (Lipinski definition) is 1. The highest BCUT2D eigenvalue weighted by Gasteiger charge is 2.39. The number of hydrogen-bond acceptors (Lipinski definition) is 5. The van der Waals surface area contributed by atoms with Crippen molar-refractivity contribution in [1.29, 1.82) is 5.26 Å². The van der Waals surface area contributed by atoms with E-state index in [-0.39, 0.29) is 17.0 Å². The van der Waals surface area contributed by atoms with Crippen molar-refractivity contribution in [3.8, 4) is 22.5 Å². The molecule has 1 aromatic carbocycles. The summed E-state index contributed by atoms with van der Waals surface area (Å²) >= 11 is 7.31. The van der Waals surface area contributed by atoms with Crippen LogP contribution in [0.4, 0.5) is 17.6 Å².